The molecule has 1 aromatic rings. The van der Waals surface area contributed by atoms with Gasteiger partial charge in [-0.3, -0.25) is 0 Å². The Morgan fingerprint density at radius 1 is 1.37 bits per heavy atom. The Labute approximate surface area is 121 Å². The summed E-state index contributed by atoms with van der Waals surface area (Å²) in [6, 6.07) is 6.22. The summed E-state index contributed by atoms with van der Waals surface area (Å²) in [5.74, 6) is 0. The van der Waals surface area contributed by atoms with Crippen molar-refractivity contribution in [3.63, 3.8) is 0 Å². The molecule has 1 rings (SSSR count). The van der Waals surface area contributed by atoms with E-state index in [0.29, 0.717) is 6.04 Å². The number of para-hydroxylation sites is 1. The van der Waals surface area contributed by atoms with E-state index < -0.39 is 0 Å². The smallest absolute Gasteiger partial charge is 0.0786 e. The lowest BCUT2D eigenvalue weighted by molar-refractivity contribution is 0.0128. The first-order valence-corrected chi connectivity index (χ1v) is 6.92. The molecule has 0 aliphatic carbocycles. The van der Waals surface area contributed by atoms with Crippen LogP contribution in [0.2, 0.25) is 5.02 Å². The van der Waals surface area contributed by atoms with Gasteiger partial charge in [-0.05, 0) is 39.3 Å². The number of nitrogens with one attached hydrogen (secondary N) is 1. The Bertz CT molecular complexity index is 419. The molecule has 0 saturated carbocycles. The molecule has 1 aromatic carbocycles. The zero-order chi connectivity index (χ0) is 14.6. The average Bonchev–Trinajstić information content (AvgIpc) is 2.27. The van der Waals surface area contributed by atoms with Crippen LogP contribution in [0.5, 0.6) is 0 Å². The third-order valence-electron chi connectivity index (χ3n) is 3.19. The third-order valence-corrected chi connectivity index (χ3v) is 3.49. The van der Waals surface area contributed by atoms with Gasteiger partial charge in [-0.25, -0.2) is 0 Å². The molecule has 0 aromatic heterocycles. The lowest BCUT2D eigenvalue weighted by atomic mass is 9.99. The maximum absolute atomic E-state index is 6.26. The minimum absolute atomic E-state index is 0.136. The van der Waals surface area contributed by atoms with Gasteiger partial charge in [0.1, 0.15) is 0 Å². The number of benzene rings is 1. The van der Waals surface area contributed by atoms with Gasteiger partial charge < -0.3 is 15.0 Å². The molecule has 0 fully saturated rings. The molecular formula is C15H25ClN2O. The van der Waals surface area contributed by atoms with Gasteiger partial charge in [0.2, 0.25) is 0 Å². The molecule has 0 aliphatic rings. The van der Waals surface area contributed by atoms with Crippen molar-refractivity contribution in [2.75, 3.05) is 31.4 Å². The van der Waals surface area contributed by atoms with Crippen molar-refractivity contribution < 1.29 is 4.74 Å². The fourth-order valence-electron chi connectivity index (χ4n) is 2.22. The number of hydrogen-bond acceptors (Lipinski definition) is 3. The SMILES string of the molecule is COC(C)(C)CC(C)Nc1cccc(Cl)c1N(C)C. The molecule has 0 amide bonds. The first-order valence-electron chi connectivity index (χ1n) is 6.54. The van der Waals surface area contributed by atoms with Crippen molar-refractivity contribution in [2.45, 2.75) is 38.8 Å². The van der Waals surface area contributed by atoms with Crippen LogP contribution in [0.4, 0.5) is 11.4 Å². The second-order valence-electron chi connectivity index (χ2n) is 5.74. The van der Waals surface area contributed by atoms with E-state index in [4.69, 9.17) is 16.3 Å². The standard InChI is InChI=1S/C15H25ClN2O/c1-11(10-15(2,3)19-6)17-13-9-7-8-12(16)14(13)18(4)5/h7-9,11,17H,10H2,1-6H3. The predicted molar refractivity (Wildman–Crippen MR) is 84.6 cm³/mol. The van der Waals surface area contributed by atoms with Gasteiger partial charge >= 0.3 is 0 Å². The van der Waals surface area contributed by atoms with E-state index in [1.54, 1.807) is 7.11 Å². The highest BCUT2D eigenvalue weighted by atomic mass is 35.5. The topological polar surface area (TPSA) is 24.5 Å². The number of nitrogens with zero attached hydrogens (tertiary/aromatic N) is 1. The number of anilines is 2. The van der Waals surface area contributed by atoms with Crippen LogP contribution in [0.15, 0.2) is 18.2 Å². The summed E-state index contributed by atoms with van der Waals surface area (Å²) in [5, 5.41) is 4.27. The van der Waals surface area contributed by atoms with Crippen LogP contribution in [0.1, 0.15) is 27.2 Å². The number of hydrogen-bond donors (Lipinski definition) is 1. The van der Waals surface area contributed by atoms with Crippen LogP contribution in [0.3, 0.4) is 0 Å². The van der Waals surface area contributed by atoms with Gasteiger partial charge in [0, 0.05) is 27.2 Å². The molecule has 19 heavy (non-hydrogen) atoms. The van der Waals surface area contributed by atoms with Crippen molar-refractivity contribution in [3.05, 3.63) is 23.2 Å². The van der Waals surface area contributed by atoms with E-state index in [0.717, 1.165) is 22.8 Å². The van der Waals surface area contributed by atoms with Gasteiger partial charge in [0.15, 0.2) is 0 Å². The van der Waals surface area contributed by atoms with Crippen molar-refractivity contribution in [3.8, 4) is 0 Å². The van der Waals surface area contributed by atoms with E-state index in [1.165, 1.54) is 0 Å². The van der Waals surface area contributed by atoms with Gasteiger partial charge in [0.25, 0.3) is 0 Å². The molecule has 3 nitrogen and oxygen atoms in total. The van der Waals surface area contributed by atoms with Crippen molar-refractivity contribution in [2.24, 2.45) is 0 Å². The normalized spacial score (nSPS) is 13.2. The molecule has 1 unspecified atom stereocenters. The highest BCUT2D eigenvalue weighted by Crippen LogP contribution is 2.33. The maximum atomic E-state index is 6.26. The van der Waals surface area contributed by atoms with Crippen LogP contribution in [-0.4, -0.2) is 32.8 Å². The number of methoxy groups -OCH3 is 1. The zero-order valence-electron chi connectivity index (χ0n) is 12.7. The first-order chi connectivity index (χ1) is 8.76. The van der Waals surface area contributed by atoms with Crippen LogP contribution in [0, 0.1) is 0 Å². The summed E-state index contributed by atoms with van der Waals surface area (Å²) >= 11 is 6.26. The molecule has 0 saturated heterocycles. The van der Waals surface area contributed by atoms with E-state index >= 15 is 0 Å². The van der Waals surface area contributed by atoms with Gasteiger partial charge in [-0.1, -0.05) is 17.7 Å². The Morgan fingerprint density at radius 2 is 2.00 bits per heavy atom. The molecule has 0 aliphatic heterocycles. The number of ether oxygens (including phenoxy) is 1. The maximum Gasteiger partial charge on any atom is 0.0786 e. The monoisotopic (exact) mass is 284 g/mol. The fourth-order valence-corrected chi connectivity index (χ4v) is 2.57. The lowest BCUT2D eigenvalue weighted by Gasteiger charge is -2.29. The number of halogens is 1. The van der Waals surface area contributed by atoms with Crippen LogP contribution in [0.25, 0.3) is 0 Å². The van der Waals surface area contributed by atoms with E-state index in [9.17, 15) is 0 Å². The second kappa shape index (κ2) is 6.49. The quantitative estimate of drug-likeness (QED) is 0.854. The molecule has 0 spiro atoms. The molecule has 4 heteroatoms. The molecule has 0 bridgehead atoms. The van der Waals surface area contributed by atoms with Crippen LogP contribution < -0.4 is 10.2 Å². The number of rotatable bonds is 6. The highest BCUT2D eigenvalue weighted by Gasteiger charge is 2.21. The van der Waals surface area contributed by atoms with Gasteiger partial charge in [-0.15, -0.1) is 0 Å². The van der Waals surface area contributed by atoms with Crippen LogP contribution in [-0.2, 0) is 4.74 Å². The molecule has 0 heterocycles. The molecule has 108 valence electrons. The second-order valence-corrected chi connectivity index (χ2v) is 6.15. The summed E-state index contributed by atoms with van der Waals surface area (Å²) in [7, 11) is 5.74. The predicted octanol–water partition coefficient (Wildman–Crippen LogP) is 4.02. The van der Waals surface area contributed by atoms with E-state index in [2.05, 4.69) is 32.2 Å². The minimum atomic E-state index is -0.136. The molecule has 1 atom stereocenters. The van der Waals surface area contributed by atoms with Gasteiger partial charge in [0.05, 0.1) is 22.0 Å². The Hall–Kier alpha value is -0.930. The van der Waals surface area contributed by atoms with Gasteiger partial charge in [-0.2, -0.15) is 0 Å². The summed E-state index contributed by atoms with van der Waals surface area (Å²) < 4.78 is 5.47. The summed E-state index contributed by atoms with van der Waals surface area (Å²) in [5.41, 5.74) is 1.94. The van der Waals surface area contributed by atoms with Crippen molar-refractivity contribution >= 4 is 23.0 Å². The minimum Gasteiger partial charge on any atom is -0.381 e. The molecule has 0 radical (unpaired) electrons. The third kappa shape index (κ3) is 4.59. The Balaban J connectivity index is 2.85. The average molecular weight is 285 g/mol. The summed E-state index contributed by atoms with van der Waals surface area (Å²) in [6.07, 6.45) is 0.920. The highest BCUT2D eigenvalue weighted by molar-refractivity contribution is 6.34. The lowest BCUT2D eigenvalue weighted by Crippen LogP contribution is -2.31. The Kier molecular flexibility index (Phi) is 5.50. The first kappa shape index (κ1) is 16.1. The zero-order valence-corrected chi connectivity index (χ0v) is 13.5. The molecule has 1 N–H and O–H groups in total. The summed E-state index contributed by atoms with van der Waals surface area (Å²) in [6.45, 7) is 6.34. The summed E-state index contributed by atoms with van der Waals surface area (Å²) in [4.78, 5) is 2.03. The van der Waals surface area contributed by atoms with Crippen molar-refractivity contribution in [1.29, 1.82) is 0 Å². The van der Waals surface area contributed by atoms with E-state index in [-0.39, 0.29) is 5.60 Å². The van der Waals surface area contributed by atoms with Crippen LogP contribution >= 0.6 is 11.6 Å². The molecular weight excluding hydrogens is 260 g/mol. The largest absolute Gasteiger partial charge is 0.381 e. The Morgan fingerprint density at radius 3 is 2.53 bits per heavy atom. The van der Waals surface area contributed by atoms with Crippen molar-refractivity contribution in [1.82, 2.24) is 0 Å². The van der Waals surface area contributed by atoms with E-state index in [1.807, 2.05) is 31.1 Å². The fraction of sp³-hybridized carbons (Fsp3) is 0.600.